The Hall–Kier alpha value is -0.770. The van der Waals surface area contributed by atoms with Gasteiger partial charge < -0.3 is 4.90 Å². The summed E-state index contributed by atoms with van der Waals surface area (Å²) < 4.78 is 1.34. The average Bonchev–Trinajstić information content (AvgIpc) is 2.20. The summed E-state index contributed by atoms with van der Waals surface area (Å²) in [6.45, 7) is 2.43. The van der Waals surface area contributed by atoms with Crippen molar-refractivity contribution in [1.29, 1.82) is 0 Å². The summed E-state index contributed by atoms with van der Waals surface area (Å²) >= 11 is 2.41. The fourth-order valence-corrected chi connectivity index (χ4v) is 2.73. The van der Waals surface area contributed by atoms with Crippen LogP contribution < -0.4 is 4.90 Å². The molecule has 3 rings (SSSR count). The molecule has 0 unspecified atom stereocenters. The highest BCUT2D eigenvalue weighted by molar-refractivity contribution is 14.1. The largest absolute Gasteiger partial charge is 0.371 e. The van der Waals surface area contributed by atoms with Gasteiger partial charge >= 0.3 is 0 Å². The van der Waals surface area contributed by atoms with Gasteiger partial charge in [0, 0.05) is 27.7 Å². The van der Waals surface area contributed by atoms with E-state index in [9.17, 15) is 0 Å². The molecule has 1 saturated heterocycles. The predicted octanol–water partition coefficient (Wildman–Crippen LogP) is 3.65. The predicted molar refractivity (Wildman–Crippen MR) is 73.5 cm³/mol. The van der Waals surface area contributed by atoms with E-state index in [0.717, 1.165) is 0 Å². The number of rotatable bonds is 1. The number of hydrogen-bond donors (Lipinski definition) is 0. The van der Waals surface area contributed by atoms with E-state index >= 15 is 0 Å². The monoisotopic (exact) mass is 309 g/mol. The molecule has 1 aliphatic heterocycles. The van der Waals surface area contributed by atoms with Crippen LogP contribution >= 0.6 is 22.6 Å². The maximum absolute atomic E-state index is 2.46. The lowest BCUT2D eigenvalue weighted by atomic mass is 10.1. The first kappa shape index (κ1) is 9.46. The zero-order valence-corrected chi connectivity index (χ0v) is 10.6. The van der Waals surface area contributed by atoms with Gasteiger partial charge in [-0.1, -0.05) is 24.3 Å². The Balaban J connectivity index is 2.25. The van der Waals surface area contributed by atoms with Crippen molar-refractivity contribution in [3.63, 3.8) is 0 Å². The molecule has 0 N–H and O–H groups in total. The molecular weight excluding hydrogens is 297 g/mol. The van der Waals surface area contributed by atoms with Crippen LogP contribution in [0.4, 0.5) is 5.69 Å². The van der Waals surface area contributed by atoms with E-state index in [1.165, 1.54) is 39.5 Å². The molecule has 1 aliphatic rings. The Morgan fingerprint density at radius 2 is 1.67 bits per heavy atom. The molecule has 1 nitrogen and oxygen atoms in total. The molecule has 0 saturated carbocycles. The summed E-state index contributed by atoms with van der Waals surface area (Å²) in [7, 11) is 0. The summed E-state index contributed by atoms with van der Waals surface area (Å²) in [5.41, 5.74) is 1.40. The molecule has 0 aromatic heterocycles. The first-order valence-electron chi connectivity index (χ1n) is 5.28. The van der Waals surface area contributed by atoms with Crippen LogP contribution in [0.15, 0.2) is 36.4 Å². The second-order valence-electron chi connectivity index (χ2n) is 3.95. The van der Waals surface area contributed by atoms with Gasteiger partial charge in [-0.15, -0.1) is 0 Å². The summed E-state index contributed by atoms with van der Waals surface area (Å²) in [6, 6.07) is 13.2. The lowest BCUT2D eigenvalue weighted by Gasteiger charge is -2.34. The van der Waals surface area contributed by atoms with Crippen molar-refractivity contribution in [2.45, 2.75) is 6.42 Å². The van der Waals surface area contributed by atoms with Gasteiger partial charge in [0.2, 0.25) is 0 Å². The second kappa shape index (κ2) is 3.67. The van der Waals surface area contributed by atoms with Crippen molar-refractivity contribution >= 4 is 39.1 Å². The molecule has 15 heavy (non-hydrogen) atoms. The minimum atomic E-state index is 1.21. The van der Waals surface area contributed by atoms with Gasteiger partial charge in [-0.05, 0) is 46.5 Å². The zero-order chi connectivity index (χ0) is 10.3. The number of hydrogen-bond acceptors (Lipinski definition) is 1. The van der Waals surface area contributed by atoms with E-state index in [2.05, 4.69) is 63.9 Å². The van der Waals surface area contributed by atoms with Crippen LogP contribution in [0.5, 0.6) is 0 Å². The summed E-state index contributed by atoms with van der Waals surface area (Å²) in [6.07, 6.45) is 1.33. The number of halogens is 1. The third kappa shape index (κ3) is 1.51. The fourth-order valence-electron chi connectivity index (χ4n) is 2.08. The maximum Gasteiger partial charge on any atom is 0.0446 e. The molecule has 2 heteroatoms. The number of anilines is 1. The molecule has 0 bridgehead atoms. The minimum absolute atomic E-state index is 1.21. The molecule has 2 aromatic rings. The first-order valence-corrected chi connectivity index (χ1v) is 6.36. The normalized spacial score (nSPS) is 15.4. The summed E-state index contributed by atoms with van der Waals surface area (Å²) in [4.78, 5) is 2.46. The molecule has 0 radical (unpaired) electrons. The molecule has 0 amide bonds. The fraction of sp³-hybridized carbons (Fsp3) is 0.231. The van der Waals surface area contributed by atoms with Crippen molar-refractivity contribution in [1.82, 2.24) is 0 Å². The van der Waals surface area contributed by atoms with Crippen LogP contribution in [-0.2, 0) is 0 Å². The molecule has 1 heterocycles. The van der Waals surface area contributed by atoms with E-state index in [-0.39, 0.29) is 0 Å². The van der Waals surface area contributed by atoms with E-state index in [1.54, 1.807) is 0 Å². The molecular formula is C13H12IN. The van der Waals surface area contributed by atoms with Crippen LogP contribution in [0.1, 0.15) is 6.42 Å². The molecule has 76 valence electrons. The van der Waals surface area contributed by atoms with E-state index in [4.69, 9.17) is 0 Å². The highest BCUT2D eigenvalue weighted by Gasteiger charge is 2.16. The van der Waals surface area contributed by atoms with Gasteiger partial charge in [0.25, 0.3) is 0 Å². The van der Waals surface area contributed by atoms with Crippen molar-refractivity contribution in [2.75, 3.05) is 18.0 Å². The van der Waals surface area contributed by atoms with Crippen LogP contribution in [-0.4, -0.2) is 13.1 Å². The minimum Gasteiger partial charge on any atom is -0.371 e. The maximum atomic E-state index is 2.46. The van der Waals surface area contributed by atoms with Crippen LogP contribution in [0.2, 0.25) is 0 Å². The lowest BCUT2D eigenvalue weighted by Crippen LogP contribution is -2.37. The van der Waals surface area contributed by atoms with Crippen molar-refractivity contribution in [3.05, 3.63) is 40.0 Å². The van der Waals surface area contributed by atoms with Crippen LogP contribution in [0.3, 0.4) is 0 Å². The van der Waals surface area contributed by atoms with E-state index in [0.29, 0.717) is 0 Å². The Labute approximate surface area is 103 Å². The van der Waals surface area contributed by atoms with Gasteiger partial charge in [0.15, 0.2) is 0 Å². The number of nitrogens with zero attached hydrogens (tertiary/aromatic N) is 1. The standard InChI is InChI=1S/C13H12IN/c14-12-6-7-13(15-8-3-9-15)11-5-2-1-4-10(11)12/h1-2,4-7H,3,8-9H2. The van der Waals surface area contributed by atoms with E-state index in [1.807, 2.05) is 0 Å². The topological polar surface area (TPSA) is 3.24 Å². The average molecular weight is 309 g/mol. The SMILES string of the molecule is Ic1ccc(N2CCC2)c2ccccc12. The quantitative estimate of drug-likeness (QED) is 0.727. The van der Waals surface area contributed by atoms with Crippen molar-refractivity contribution in [2.24, 2.45) is 0 Å². The molecule has 2 aromatic carbocycles. The number of benzene rings is 2. The van der Waals surface area contributed by atoms with Crippen LogP contribution in [0.25, 0.3) is 10.8 Å². The van der Waals surface area contributed by atoms with Gasteiger partial charge in [0.1, 0.15) is 0 Å². The van der Waals surface area contributed by atoms with Gasteiger partial charge in [0.05, 0.1) is 0 Å². The van der Waals surface area contributed by atoms with Gasteiger partial charge in [-0.2, -0.15) is 0 Å². The Kier molecular flexibility index (Phi) is 2.31. The van der Waals surface area contributed by atoms with Crippen molar-refractivity contribution < 1.29 is 0 Å². The highest BCUT2D eigenvalue weighted by atomic mass is 127. The smallest absolute Gasteiger partial charge is 0.0446 e. The summed E-state index contributed by atoms with van der Waals surface area (Å²) in [5.74, 6) is 0. The van der Waals surface area contributed by atoms with Gasteiger partial charge in [-0.3, -0.25) is 0 Å². The van der Waals surface area contributed by atoms with Crippen LogP contribution in [0, 0.1) is 3.57 Å². The van der Waals surface area contributed by atoms with Crippen molar-refractivity contribution in [3.8, 4) is 0 Å². The number of fused-ring (bicyclic) bond motifs is 1. The Bertz CT molecular complexity index is 503. The zero-order valence-electron chi connectivity index (χ0n) is 8.41. The summed E-state index contributed by atoms with van der Waals surface area (Å²) in [5, 5.41) is 2.77. The Morgan fingerprint density at radius 1 is 0.933 bits per heavy atom. The lowest BCUT2D eigenvalue weighted by molar-refractivity contribution is 0.620. The van der Waals surface area contributed by atoms with E-state index < -0.39 is 0 Å². The molecule has 0 aliphatic carbocycles. The third-order valence-electron chi connectivity index (χ3n) is 3.04. The molecule has 1 fully saturated rings. The highest BCUT2D eigenvalue weighted by Crippen LogP contribution is 2.32. The molecule has 0 atom stereocenters. The van der Waals surface area contributed by atoms with Gasteiger partial charge in [-0.25, -0.2) is 0 Å². The first-order chi connectivity index (χ1) is 7.36. The Morgan fingerprint density at radius 3 is 2.33 bits per heavy atom. The second-order valence-corrected chi connectivity index (χ2v) is 5.11. The molecule has 0 spiro atoms. The third-order valence-corrected chi connectivity index (χ3v) is 3.99.